The molecule has 0 saturated heterocycles. The number of hydrogen-bond donors (Lipinski definition) is 6. The molecule has 1 rings (SSSR count). The number of rotatable bonds is 8. The molecule has 0 unspecified atom stereocenters. The number of carboxylic acid groups (broad SMARTS) is 1. The van der Waals surface area contributed by atoms with Gasteiger partial charge in [-0.05, 0) is 12.1 Å². The van der Waals surface area contributed by atoms with Gasteiger partial charge in [0.1, 0.15) is 11.4 Å². The Balaban J connectivity index is 3.01. The van der Waals surface area contributed by atoms with Crippen molar-refractivity contribution in [2.24, 2.45) is 0 Å². The molecule has 1 aromatic rings. The molecule has 0 amide bonds. The highest BCUT2D eigenvalue weighted by atomic mass is 16.4. The highest BCUT2D eigenvalue weighted by molar-refractivity contribution is 5.91. The van der Waals surface area contributed by atoms with Gasteiger partial charge in [-0.25, -0.2) is 4.79 Å². The average molecular weight is 350 g/mol. The number of quaternary nitrogens is 1. The van der Waals surface area contributed by atoms with Gasteiger partial charge >= 0.3 is 5.97 Å². The van der Waals surface area contributed by atoms with Crippen LogP contribution in [-0.4, -0.2) is 54.1 Å². The summed E-state index contributed by atoms with van der Waals surface area (Å²) in [5.41, 5.74) is 6.57. The Kier molecular flexibility index (Phi) is 6.60. The van der Waals surface area contributed by atoms with Crippen LogP contribution in [0, 0.1) is 0 Å². The van der Waals surface area contributed by atoms with Gasteiger partial charge in [-0.2, -0.15) is 0 Å². The van der Waals surface area contributed by atoms with E-state index >= 15 is 0 Å². The van der Waals surface area contributed by atoms with E-state index in [0.29, 0.717) is 10.2 Å². The number of hydrogen-bond acceptors (Lipinski definition) is 6. The van der Waals surface area contributed by atoms with E-state index in [-0.39, 0.29) is 5.70 Å². The maximum Gasteiger partial charge on any atom is 0.337 e. The van der Waals surface area contributed by atoms with Crippen LogP contribution >= 0.6 is 0 Å². The molecule has 0 aromatic heterocycles. The molecule has 0 atom stereocenters. The third-order valence-corrected chi connectivity index (χ3v) is 3.29. The summed E-state index contributed by atoms with van der Waals surface area (Å²) >= 11 is 0. The number of hydrazine groups is 1. The number of aliphatic hydroxyl groups excluding tert-OH is 3. The fourth-order valence-electron chi connectivity index (χ4n) is 1.83. The lowest BCUT2D eigenvalue weighted by Crippen LogP contribution is -2.34. The molecule has 0 radical (unpaired) electrons. The second kappa shape index (κ2) is 8.22. The Morgan fingerprint density at radius 1 is 1.16 bits per heavy atom. The van der Waals surface area contributed by atoms with Crippen molar-refractivity contribution in [3.05, 3.63) is 59.7 Å². The summed E-state index contributed by atoms with van der Waals surface area (Å²) in [5.74, 6) is -2.79. The Bertz CT molecular complexity index is 700. The lowest BCUT2D eigenvalue weighted by Gasteiger charge is -2.23. The zero-order chi connectivity index (χ0) is 19.2. The minimum absolute atomic E-state index is 0.101. The number of aliphatic carboxylic acids is 1. The van der Waals surface area contributed by atoms with Gasteiger partial charge in [0.2, 0.25) is 0 Å². The lowest BCUT2D eigenvalue weighted by atomic mass is 10.1. The van der Waals surface area contributed by atoms with E-state index in [1.807, 2.05) is 33.3 Å². The predicted molar refractivity (Wildman–Crippen MR) is 97.0 cm³/mol. The first-order chi connectivity index (χ1) is 11.6. The number of carbonyl (C=O) groups is 1. The minimum Gasteiger partial charge on any atom is -0.505 e. The Morgan fingerprint density at radius 3 is 2.12 bits per heavy atom. The fourth-order valence-corrected chi connectivity index (χ4v) is 1.83. The van der Waals surface area contributed by atoms with Crippen LogP contribution in [0.25, 0.3) is 0 Å². The van der Waals surface area contributed by atoms with Gasteiger partial charge < -0.3 is 31.3 Å². The van der Waals surface area contributed by atoms with E-state index in [4.69, 9.17) is 5.11 Å². The van der Waals surface area contributed by atoms with Crippen LogP contribution in [0.4, 0.5) is 11.4 Å². The van der Waals surface area contributed by atoms with Crippen LogP contribution in [0.2, 0.25) is 0 Å². The monoisotopic (exact) mass is 350 g/mol. The van der Waals surface area contributed by atoms with Gasteiger partial charge in [0.25, 0.3) is 0 Å². The van der Waals surface area contributed by atoms with Crippen LogP contribution in [0.3, 0.4) is 0 Å². The van der Waals surface area contributed by atoms with E-state index in [2.05, 4.69) is 17.4 Å². The highest BCUT2D eigenvalue weighted by Gasteiger charge is 2.15. The van der Waals surface area contributed by atoms with E-state index < -0.39 is 29.7 Å². The second-order valence-corrected chi connectivity index (χ2v) is 6.14. The average Bonchev–Trinajstić information content (AvgIpc) is 2.53. The SMILES string of the molecule is C=C(O)/C(O)=C\C(C(=O)O)=C(/CO)NNc1ccc([N+](C)(C)C)cc1. The zero-order valence-corrected chi connectivity index (χ0v) is 14.4. The first-order valence-electron chi connectivity index (χ1n) is 7.36. The maximum atomic E-state index is 11.3. The number of aliphatic hydroxyl groups is 3. The second-order valence-electron chi connectivity index (χ2n) is 6.14. The summed E-state index contributed by atoms with van der Waals surface area (Å²) in [5, 5.41) is 37.2. The number of nitrogens with one attached hydrogen (secondary N) is 2. The molecule has 6 N–H and O–H groups in total. The van der Waals surface area contributed by atoms with Crippen LogP contribution < -0.4 is 15.3 Å². The molecule has 0 bridgehead atoms. The summed E-state index contributed by atoms with van der Waals surface area (Å²) in [6.45, 7) is 2.46. The van der Waals surface area contributed by atoms with Crippen LogP contribution in [-0.2, 0) is 4.79 Å². The first-order valence-corrected chi connectivity index (χ1v) is 7.36. The van der Waals surface area contributed by atoms with Gasteiger partial charge in [0.05, 0.1) is 44.7 Å². The first kappa shape index (κ1) is 20.1. The van der Waals surface area contributed by atoms with Crippen molar-refractivity contribution in [1.82, 2.24) is 9.91 Å². The molecule has 0 heterocycles. The van der Waals surface area contributed by atoms with Gasteiger partial charge in [-0.1, -0.05) is 6.58 Å². The summed E-state index contributed by atoms with van der Waals surface area (Å²) in [7, 11) is 6.08. The van der Waals surface area contributed by atoms with Crippen molar-refractivity contribution in [2.45, 2.75) is 0 Å². The number of benzene rings is 1. The largest absolute Gasteiger partial charge is 0.505 e. The zero-order valence-electron chi connectivity index (χ0n) is 14.4. The fraction of sp³-hybridized carbons (Fsp3) is 0.235. The molecule has 25 heavy (non-hydrogen) atoms. The molecule has 0 fully saturated rings. The molecular formula is C17H24N3O5+. The lowest BCUT2D eigenvalue weighted by molar-refractivity contribution is -0.132. The predicted octanol–water partition coefficient (Wildman–Crippen LogP) is 1.64. The Labute approximate surface area is 146 Å². The molecule has 0 aliphatic rings. The molecular weight excluding hydrogens is 326 g/mol. The van der Waals surface area contributed by atoms with Gasteiger partial charge in [0, 0.05) is 18.2 Å². The quantitative estimate of drug-likeness (QED) is 0.139. The molecule has 1 aromatic carbocycles. The van der Waals surface area contributed by atoms with Gasteiger partial charge in [-0.3, -0.25) is 4.48 Å². The molecule has 0 aliphatic heterocycles. The number of anilines is 1. The van der Waals surface area contributed by atoms with Crippen molar-refractivity contribution in [2.75, 3.05) is 33.2 Å². The van der Waals surface area contributed by atoms with E-state index in [1.165, 1.54) is 0 Å². The van der Waals surface area contributed by atoms with Gasteiger partial charge in [0.15, 0.2) is 5.76 Å². The van der Waals surface area contributed by atoms with E-state index in [0.717, 1.165) is 11.8 Å². The molecule has 8 heteroatoms. The summed E-state index contributed by atoms with van der Waals surface area (Å²) in [6.07, 6.45) is 0.797. The Morgan fingerprint density at radius 2 is 1.72 bits per heavy atom. The minimum atomic E-state index is -1.40. The Hall–Kier alpha value is -2.97. The topological polar surface area (TPSA) is 122 Å². The van der Waals surface area contributed by atoms with Crippen molar-refractivity contribution < 1.29 is 25.2 Å². The number of nitrogens with zero attached hydrogens (tertiary/aromatic N) is 1. The summed E-state index contributed by atoms with van der Waals surface area (Å²) in [6, 6.07) is 7.41. The van der Waals surface area contributed by atoms with Crippen LogP contribution in [0.15, 0.2) is 59.7 Å². The van der Waals surface area contributed by atoms with Crippen molar-refractivity contribution >= 4 is 17.3 Å². The third-order valence-electron chi connectivity index (χ3n) is 3.29. The van der Waals surface area contributed by atoms with Crippen molar-refractivity contribution in [3.8, 4) is 0 Å². The number of carboxylic acids is 1. The van der Waals surface area contributed by atoms with Crippen molar-refractivity contribution in [3.63, 3.8) is 0 Å². The van der Waals surface area contributed by atoms with E-state index in [9.17, 15) is 20.1 Å². The molecule has 0 aliphatic carbocycles. The van der Waals surface area contributed by atoms with Crippen LogP contribution in [0.5, 0.6) is 0 Å². The summed E-state index contributed by atoms with van der Waals surface area (Å²) in [4.78, 5) is 11.3. The van der Waals surface area contributed by atoms with E-state index in [1.54, 1.807) is 12.1 Å². The highest BCUT2D eigenvalue weighted by Crippen LogP contribution is 2.19. The smallest absolute Gasteiger partial charge is 0.337 e. The van der Waals surface area contributed by atoms with Gasteiger partial charge in [-0.15, -0.1) is 0 Å². The molecule has 8 nitrogen and oxygen atoms in total. The standard InChI is InChI=1S/C17H23N3O5/c1-11(22)16(23)9-14(17(24)25)15(10-21)19-18-12-5-7-13(8-6-12)20(2,3)4/h5-9,18-19,21H,1,10H2,2-4H3,(H2-,22,23,24,25)/p+1/b15-14-,16-9+. The van der Waals surface area contributed by atoms with Crippen molar-refractivity contribution in [1.29, 1.82) is 0 Å². The maximum absolute atomic E-state index is 11.3. The summed E-state index contributed by atoms with van der Waals surface area (Å²) < 4.78 is 0.647. The third kappa shape index (κ3) is 5.87. The normalized spacial score (nSPS) is 13.0. The molecule has 0 saturated carbocycles. The molecule has 136 valence electrons. The molecule has 0 spiro atoms. The van der Waals surface area contributed by atoms with Crippen LogP contribution in [0.1, 0.15) is 0 Å².